The quantitative estimate of drug-likeness (QED) is 0.278. The first-order valence-electron chi connectivity index (χ1n) is 11.0. The standard InChI is InChI=1S/C24H21N3O7S/c1-15-22-18(13-19(21-5-4-12-32-21)25-23(22)34-26-15)24(29)33-14-20(28)16-6-8-17(9-7-16)35(30,31)27-10-2-3-11-27/h4-9,12-13H,2-3,10-11,14H2,1H3. The van der Waals surface area contributed by atoms with Gasteiger partial charge in [0, 0.05) is 18.7 Å². The number of rotatable bonds is 7. The van der Waals surface area contributed by atoms with Crippen LogP contribution in [0.2, 0.25) is 0 Å². The summed E-state index contributed by atoms with van der Waals surface area (Å²) in [7, 11) is -3.58. The Morgan fingerprint density at radius 3 is 2.54 bits per heavy atom. The smallest absolute Gasteiger partial charge is 0.339 e. The van der Waals surface area contributed by atoms with E-state index < -0.39 is 28.4 Å². The summed E-state index contributed by atoms with van der Waals surface area (Å²) in [5.74, 6) is -0.796. The van der Waals surface area contributed by atoms with E-state index in [2.05, 4.69) is 10.1 Å². The first-order chi connectivity index (χ1) is 16.8. The zero-order valence-electron chi connectivity index (χ0n) is 18.8. The van der Waals surface area contributed by atoms with Crippen LogP contribution in [-0.4, -0.2) is 54.3 Å². The first-order valence-corrected chi connectivity index (χ1v) is 12.4. The van der Waals surface area contributed by atoms with Gasteiger partial charge >= 0.3 is 5.97 Å². The number of Topliss-reactive ketones (excluding diaryl/α,β-unsaturated/α-hetero) is 1. The molecule has 1 aromatic carbocycles. The third-order valence-electron chi connectivity index (χ3n) is 5.82. The second-order valence-electron chi connectivity index (χ2n) is 8.12. The molecule has 0 radical (unpaired) electrons. The van der Waals surface area contributed by atoms with E-state index >= 15 is 0 Å². The van der Waals surface area contributed by atoms with Crippen molar-refractivity contribution in [1.29, 1.82) is 0 Å². The van der Waals surface area contributed by atoms with Crippen LogP contribution < -0.4 is 0 Å². The third kappa shape index (κ3) is 4.35. The molecule has 11 heteroatoms. The van der Waals surface area contributed by atoms with Gasteiger partial charge in [0.1, 0.15) is 5.69 Å². The number of hydrogen-bond donors (Lipinski definition) is 0. The molecule has 1 saturated heterocycles. The molecule has 1 fully saturated rings. The van der Waals surface area contributed by atoms with Gasteiger partial charge in [-0.05, 0) is 62.2 Å². The Bertz CT molecular complexity index is 1500. The molecule has 0 unspecified atom stereocenters. The van der Waals surface area contributed by atoms with Gasteiger partial charge in [-0.3, -0.25) is 4.79 Å². The van der Waals surface area contributed by atoms with Crippen molar-refractivity contribution in [2.45, 2.75) is 24.7 Å². The number of fused-ring (bicyclic) bond motifs is 1. The molecule has 3 aromatic heterocycles. The molecule has 0 bridgehead atoms. The molecule has 0 aliphatic carbocycles. The number of furan rings is 1. The van der Waals surface area contributed by atoms with Crippen LogP contribution in [0.1, 0.15) is 39.3 Å². The largest absolute Gasteiger partial charge is 0.463 e. The number of benzene rings is 1. The fourth-order valence-electron chi connectivity index (χ4n) is 3.99. The number of aryl methyl sites for hydroxylation is 1. The molecule has 0 atom stereocenters. The second-order valence-corrected chi connectivity index (χ2v) is 10.1. The van der Waals surface area contributed by atoms with Crippen LogP contribution in [-0.2, 0) is 14.8 Å². The van der Waals surface area contributed by atoms with E-state index in [1.807, 2.05) is 0 Å². The Balaban J connectivity index is 1.32. The third-order valence-corrected chi connectivity index (χ3v) is 7.74. The summed E-state index contributed by atoms with van der Waals surface area (Å²) in [5, 5.41) is 4.25. The number of ketones is 1. The van der Waals surface area contributed by atoms with Gasteiger partial charge in [-0.1, -0.05) is 5.16 Å². The summed E-state index contributed by atoms with van der Waals surface area (Å²) in [4.78, 5) is 30.0. The molecule has 35 heavy (non-hydrogen) atoms. The molecule has 1 aliphatic rings. The molecule has 0 amide bonds. The number of ether oxygens (including phenoxy) is 1. The molecule has 0 spiro atoms. The summed E-state index contributed by atoms with van der Waals surface area (Å²) < 4.78 is 42.6. The molecule has 10 nitrogen and oxygen atoms in total. The average Bonchev–Trinajstić information content (AvgIpc) is 3.65. The summed E-state index contributed by atoms with van der Waals surface area (Å²) in [6, 6.07) is 10.5. The number of aromatic nitrogens is 2. The zero-order valence-corrected chi connectivity index (χ0v) is 19.6. The molecule has 5 rings (SSSR count). The maximum atomic E-state index is 12.9. The highest BCUT2D eigenvalue weighted by atomic mass is 32.2. The maximum absolute atomic E-state index is 12.9. The Morgan fingerprint density at radius 1 is 1.11 bits per heavy atom. The fourth-order valence-corrected chi connectivity index (χ4v) is 5.51. The fraction of sp³-hybridized carbons (Fsp3) is 0.250. The minimum Gasteiger partial charge on any atom is -0.463 e. The van der Waals surface area contributed by atoms with E-state index in [0.717, 1.165) is 12.8 Å². The van der Waals surface area contributed by atoms with Crippen molar-refractivity contribution in [3.63, 3.8) is 0 Å². The molecule has 4 aromatic rings. The van der Waals surface area contributed by atoms with Gasteiger partial charge in [-0.2, -0.15) is 4.31 Å². The van der Waals surface area contributed by atoms with Crippen LogP contribution >= 0.6 is 0 Å². The van der Waals surface area contributed by atoms with E-state index in [0.29, 0.717) is 35.6 Å². The van der Waals surface area contributed by atoms with E-state index in [1.54, 1.807) is 19.1 Å². The number of pyridine rings is 1. The van der Waals surface area contributed by atoms with Crippen LogP contribution in [0.3, 0.4) is 0 Å². The highest BCUT2D eigenvalue weighted by Crippen LogP contribution is 2.28. The van der Waals surface area contributed by atoms with Gasteiger partial charge in [-0.15, -0.1) is 0 Å². The number of esters is 1. The predicted molar refractivity (Wildman–Crippen MR) is 123 cm³/mol. The Morgan fingerprint density at radius 2 is 1.86 bits per heavy atom. The lowest BCUT2D eigenvalue weighted by Gasteiger charge is -2.15. The van der Waals surface area contributed by atoms with Crippen molar-refractivity contribution in [2.24, 2.45) is 0 Å². The minimum absolute atomic E-state index is 0.125. The van der Waals surface area contributed by atoms with Gasteiger partial charge in [0.25, 0.3) is 5.71 Å². The number of nitrogens with zero attached hydrogens (tertiary/aromatic N) is 3. The predicted octanol–water partition coefficient (Wildman–Crippen LogP) is 3.62. The Labute approximate surface area is 200 Å². The van der Waals surface area contributed by atoms with Gasteiger partial charge in [0.2, 0.25) is 10.0 Å². The number of sulfonamides is 1. The maximum Gasteiger partial charge on any atom is 0.339 e. The van der Waals surface area contributed by atoms with Crippen molar-refractivity contribution in [3.05, 3.63) is 65.5 Å². The summed E-state index contributed by atoms with van der Waals surface area (Å²) in [5.41, 5.74) is 1.32. The summed E-state index contributed by atoms with van der Waals surface area (Å²) >= 11 is 0. The van der Waals surface area contributed by atoms with Crippen molar-refractivity contribution < 1.29 is 31.7 Å². The van der Waals surface area contributed by atoms with Crippen LogP contribution in [0.4, 0.5) is 0 Å². The highest BCUT2D eigenvalue weighted by molar-refractivity contribution is 7.89. The Hall–Kier alpha value is -3.83. The van der Waals surface area contributed by atoms with Crippen molar-refractivity contribution >= 4 is 32.9 Å². The van der Waals surface area contributed by atoms with Crippen LogP contribution in [0.25, 0.3) is 22.6 Å². The lowest BCUT2D eigenvalue weighted by molar-refractivity contribution is 0.0476. The molecule has 180 valence electrons. The van der Waals surface area contributed by atoms with Crippen LogP contribution in [0.5, 0.6) is 0 Å². The van der Waals surface area contributed by atoms with E-state index in [-0.39, 0.29) is 21.7 Å². The minimum atomic E-state index is -3.58. The van der Waals surface area contributed by atoms with Gasteiger partial charge in [0.15, 0.2) is 18.2 Å². The van der Waals surface area contributed by atoms with Gasteiger partial charge < -0.3 is 13.7 Å². The van der Waals surface area contributed by atoms with E-state index in [4.69, 9.17) is 13.7 Å². The lowest BCUT2D eigenvalue weighted by Crippen LogP contribution is -2.27. The van der Waals surface area contributed by atoms with Crippen molar-refractivity contribution in [3.8, 4) is 11.5 Å². The second kappa shape index (κ2) is 9.08. The average molecular weight is 496 g/mol. The van der Waals surface area contributed by atoms with Crippen molar-refractivity contribution in [1.82, 2.24) is 14.4 Å². The van der Waals surface area contributed by atoms with Gasteiger partial charge in [0.05, 0.1) is 27.8 Å². The molecule has 0 saturated carbocycles. The topological polar surface area (TPSA) is 133 Å². The van der Waals surface area contributed by atoms with E-state index in [9.17, 15) is 18.0 Å². The molecular formula is C24H21N3O7S. The van der Waals surface area contributed by atoms with Crippen LogP contribution in [0.15, 0.2) is 62.6 Å². The summed E-state index contributed by atoms with van der Waals surface area (Å²) in [6.45, 7) is 2.13. The van der Waals surface area contributed by atoms with Gasteiger partial charge in [-0.25, -0.2) is 18.2 Å². The zero-order chi connectivity index (χ0) is 24.6. The monoisotopic (exact) mass is 495 g/mol. The first kappa shape index (κ1) is 22.9. The number of carbonyl (C=O) groups is 2. The summed E-state index contributed by atoms with van der Waals surface area (Å²) in [6.07, 6.45) is 3.15. The van der Waals surface area contributed by atoms with Crippen molar-refractivity contribution in [2.75, 3.05) is 19.7 Å². The SMILES string of the molecule is Cc1noc2nc(-c3ccco3)cc(C(=O)OCC(=O)c3ccc(S(=O)(=O)N4CCCC4)cc3)c12. The normalized spacial score (nSPS) is 14.4. The molecular weight excluding hydrogens is 474 g/mol. The number of carbonyl (C=O) groups excluding carboxylic acids is 2. The molecule has 4 heterocycles. The Kier molecular flexibility index (Phi) is 5.95. The molecule has 0 N–H and O–H groups in total. The van der Waals surface area contributed by atoms with E-state index in [1.165, 1.54) is 40.9 Å². The molecule has 1 aliphatic heterocycles. The number of hydrogen-bond acceptors (Lipinski definition) is 9. The highest BCUT2D eigenvalue weighted by Gasteiger charge is 2.27. The van der Waals surface area contributed by atoms with Crippen LogP contribution in [0, 0.1) is 6.92 Å². The lowest BCUT2D eigenvalue weighted by atomic mass is 10.1.